The average Bonchev–Trinajstić information content (AvgIpc) is 2.94. The molecule has 3 rings (SSSR count). The van der Waals surface area contributed by atoms with Crippen LogP contribution in [0.15, 0.2) is 41.4 Å². The third kappa shape index (κ3) is 3.30. The highest BCUT2D eigenvalue weighted by Gasteiger charge is 2.21. The second-order valence-electron chi connectivity index (χ2n) is 5.83. The predicted octanol–water partition coefficient (Wildman–Crippen LogP) is 3.17. The van der Waals surface area contributed by atoms with E-state index in [-0.39, 0.29) is 0 Å². The first-order valence-corrected chi connectivity index (χ1v) is 8.14. The van der Waals surface area contributed by atoms with Gasteiger partial charge in [0, 0.05) is 36.7 Å². The van der Waals surface area contributed by atoms with Crippen LogP contribution in [0, 0.1) is 0 Å². The second-order valence-corrected chi connectivity index (χ2v) is 6.64. The number of benzene rings is 1. The Hall–Kier alpha value is -1.33. The lowest BCUT2D eigenvalue weighted by molar-refractivity contribution is 0.258. The molecule has 1 fully saturated rings. The van der Waals surface area contributed by atoms with Crippen molar-refractivity contribution in [3.05, 3.63) is 41.4 Å². The van der Waals surface area contributed by atoms with E-state index in [1.54, 1.807) is 0 Å². The highest BCUT2D eigenvalue weighted by atomic mass is 79.9. The number of anilines is 1. The van der Waals surface area contributed by atoms with Gasteiger partial charge in [0.2, 0.25) is 0 Å². The molecule has 0 spiro atoms. The molecule has 1 saturated heterocycles. The molecular formula is C16H21BrN4. The topological polar surface area (TPSA) is 24.3 Å². The van der Waals surface area contributed by atoms with Crippen LogP contribution >= 0.6 is 15.9 Å². The quantitative estimate of drug-likeness (QED) is 0.851. The molecule has 1 aromatic heterocycles. The van der Waals surface area contributed by atoms with Gasteiger partial charge < -0.3 is 14.4 Å². The first-order chi connectivity index (χ1) is 10.1. The molecule has 112 valence electrons. The molecule has 1 aliphatic rings. The summed E-state index contributed by atoms with van der Waals surface area (Å²) in [7, 11) is 4.35. The van der Waals surface area contributed by atoms with E-state index >= 15 is 0 Å². The van der Waals surface area contributed by atoms with Crippen LogP contribution in [-0.4, -0.2) is 47.7 Å². The van der Waals surface area contributed by atoms with Gasteiger partial charge in [-0.25, -0.2) is 4.98 Å². The maximum Gasteiger partial charge on any atom is 0.124 e. The van der Waals surface area contributed by atoms with E-state index in [2.05, 4.69) is 69.1 Å². The molecule has 0 amide bonds. The number of nitrogens with zero attached hydrogens (tertiary/aromatic N) is 4. The molecule has 0 bridgehead atoms. The summed E-state index contributed by atoms with van der Waals surface area (Å²) >= 11 is 3.38. The number of aromatic nitrogens is 2. The summed E-state index contributed by atoms with van der Waals surface area (Å²) in [5.74, 6) is 0. The van der Waals surface area contributed by atoms with Crippen LogP contribution < -0.4 is 4.90 Å². The Morgan fingerprint density at radius 3 is 2.52 bits per heavy atom. The predicted molar refractivity (Wildman–Crippen MR) is 90.2 cm³/mol. The minimum Gasteiger partial charge on any atom is -0.370 e. The zero-order chi connectivity index (χ0) is 14.8. The lowest BCUT2D eigenvalue weighted by atomic mass is 10.0. The fourth-order valence-electron chi connectivity index (χ4n) is 2.89. The molecule has 1 aromatic carbocycles. The SMILES string of the molecule is CN(C)C1CCCN(c2ccc(-n3cnc(Br)c3)cc2)C1. The monoisotopic (exact) mass is 348 g/mol. The first kappa shape index (κ1) is 14.6. The van der Waals surface area contributed by atoms with Gasteiger partial charge in [0.05, 0.1) is 0 Å². The van der Waals surface area contributed by atoms with Crippen molar-refractivity contribution in [3.8, 4) is 5.69 Å². The van der Waals surface area contributed by atoms with Crippen molar-refractivity contribution in [1.29, 1.82) is 0 Å². The summed E-state index contributed by atoms with van der Waals surface area (Å²) in [6.45, 7) is 2.27. The Morgan fingerprint density at radius 1 is 1.19 bits per heavy atom. The number of piperidine rings is 1. The van der Waals surface area contributed by atoms with E-state index in [4.69, 9.17) is 0 Å². The van der Waals surface area contributed by atoms with Crippen molar-refractivity contribution in [2.45, 2.75) is 18.9 Å². The molecule has 21 heavy (non-hydrogen) atoms. The highest BCUT2D eigenvalue weighted by Crippen LogP contribution is 2.23. The van der Waals surface area contributed by atoms with E-state index in [1.165, 1.54) is 18.5 Å². The molecule has 5 heteroatoms. The number of imidazole rings is 1. The summed E-state index contributed by atoms with van der Waals surface area (Å²) in [6, 6.07) is 9.39. The zero-order valence-corrected chi connectivity index (χ0v) is 14.1. The maximum absolute atomic E-state index is 4.20. The zero-order valence-electron chi connectivity index (χ0n) is 12.5. The Kier molecular flexibility index (Phi) is 4.31. The fourth-order valence-corrected chi connectivity index (χ4v) is 3.20. The van der Waals surface area contributed by atoms with Crippen LogP contribution in [0.2, 0.25) is 0 Å². The van der Waals surface area contributed by atoms with E-state index in [0.717, 1.165) is 23.4 Å². The van der Waals surface area contributed by atoms with Gasteiger partial charge in [0.1, 0.15) is 10.9 Å². The molecule has 1 atom stereocenters. The Balaban J connectivity index is 1.74. The van der Waals surface area contributed by atoms with Gasteiger partial charge in [-0.2, -0.15) is 0 Å². The Bertz CT molecular complexity index is 591. The van der Waals surface area contributed by atoms with Crippen molar-refractivity contribution < 1.29 is 0 Å². The Morgan fingerprint density at radius 2 is 1.90 bits per heavy atom. The summed E-state index contributed by atoms with van der Waals surface area (Å²) < 4.78 is 2.88. The number of likely N-dealkylation sites (N-methyl/N-ethyl adjacent to an activating group) is 1. The summed E-state index contributed by atoms with van der Waals surface area (Å²) in [4.78, 5) is 9.02. The molecule has 2 heterocycles. The van der Waals surface area contributed by atoms with Crippen LogP contribution in [-0.2, 0) is 0 Å². The second kappa shape index (κ2) is 6.20. The molecular weight excluding hydrogens is 328 g/mol. The maximum atomic E-state index is 4.20. The lowest BCUT2D eigenvalue weighted by Crippen LogP contribution is -2.45. The van der Waals surface area contributed by atoms with Crippen molar-refractivity contribution in [1.82, 2.24) is 14.5 Å². The normalized spacial score (nSPS) is 19.2. The van der Waals surface area contributed by atoms with Crippen molar-refractivity contribution in [2.75, 3.05) is 32.1 Å². The first-order valence-electron chi connectivity index (χ1n) is 7.35. The van der Waals surface area contributed by atoms with E-state index < -0.39 is 0 Å². The summed E-state index contributed by atoms with van der Waals surface area (Å²) in [5, 5.41) is 0. The smallest absolute Gasteiger partial charge is 0.124 e. The van der Waals surface area contributed by atoms with Crippen LogP contribution in [0.1, 0.15) is 12.8 Å². The minimum absolute atomic E-state index is 0.656. The molecule has 0 radical (unpaired) electrons. The van der Waals surface area contributed by atoms with Crippen LogP contribution in [0.25, 0.3) is 5.69 Å². The van der Waals surface area contributed by atoms with Gasteiger partial charge in [-0.1, -0.05) is 0 Å². The standard InChI is InChI=1S/C16H21BrN4/c1-19(2)15-4-3-9-20(10-15)13-5-7-14(8-6-13)21-11-16(17)18-12-21/h5-8,11-12,15H,3-4,9-10H2,1-2H3. The molecule has 1 unspecified atom stereocenters. The van der Waals surface area contributed by atoms with Crippen molar-refractivity contribution >= 4 is 21.6 Å². The average molecular weight is 349 g/mol. The summed E-state index contributed by atoms with van der Waals surface area (Å²) in [5.41, 5.74) is 2.45. The van der Waals surface area contributed by atoms with Crippen molar-refractivity contribution in [2.24, 2.45) is 0 Å². The summed E-state index contributed by atoms with van der Waals surface area (Å²) in [6.07, 6.45) is 6.35. The van der Waals surface area contributed by atoms with Crippen LogP contribution in [0.4, 0.5) is 5.69 Å². The molecule has 0 N–H and O–H groups in total. The van der Waals surface area contributed by atoms with Crippen LogP contribution in [0.5, 0.6) is 0 Å². The van der Waals surface area contributed by atoms with E-state index in [0.29, 0.717) is 6.04 Å². The largest absolute Gasteiger partial charge is 0.370 e. The van der Waals surface area contributed by atoms with E-state index in [1.807, 2.05) is 17.1 Å². The van der Waals surface area contributed by atoms with Crippen LogP contribution in [0.3, 0.4) is 0 Å². The fraction of sp³-hybridized carbons (Fsp3) is 0.438. The van der Waals surface area contributed by atoms with Gasteiger partial charge in [-0.3, -0.25) is 0 Å². The van der Waals surface area contributed by atoms with Gasteiger partial charge in [0.15, 0.2) is 0 Å². The van der Waals surface area contributed by atoms with Gasteiger partial charge in [-0.15, -0.1) is 0 Å². The van der Waals surface area contributed by atoms with Gasteiger partial charge >= 0.3 is 0 Å². The lowest BCUT2D eigenvalue weighted by Gasteiger charge is -2.37. The van der Waals surface area contributed by atoms with Gasteiger partial charge in [-0.05, 0) is 67.1 Å². The number of halogens is 1. The highest BCUT2D eigenvalue weighted by molar-refractivity contribution is 9.10. The molecule has 4 nitrogen and oxygen atoms in total. The van der Waals surface area contributed by atoms with Crippen molar-refractivity contribution in [3.63, 3.8) is 0 Å². The molecule has 0 aliphatic carbocycles. The Labute approximate surface area is 134 Å². The minimum atomic E-state index is 0.656. The molecule has 2 aromatic rings. The molecule has 0 saturated carbocycles. The van der Waals surface area contributed by atoms with E-state index in [9.17, 15) is 0 Å². The number of rotatable bonds is 3. The number of hydrogen-bond donors (Lipinski definition) is 0. The third-order valence-electron chi connectivity index (χ3n) is 4.19. The number of hydrogen-bond acceptors (Lipinski definition) is 3. The van der Waals surface area contributed by atoms with Gasteiger partial charge in [0.25, 0.3) is 0 Å². The third-order valence-corrected chi connectivity index (χ3v) is 4.60. The molecule has 1 aliphatic heterocycles.